The van der Waals surface area contributed by atoms with Crippen molar-refractivity contribution in [1.82, 2.24) is 9.47 Å². The summed E-state index contributed by atoms with van der Waals surface area (Å²) >= 11 is 5.94. The van der Waals surface area contributed by atoms with Crippen molar-refractivity contribution in [3.05, 3.63) is 101 Å². The second-order valence-corrected chi connectivity index (χ2v) is 8.06. The minimum absolute atomic E-state index is 0.0807. The molecule has 0 fully saturated rings. The third-order valence-electron chi connectivity index (χ3n) is 5.73. The number of hydrogen-bond donors (Lipinski definition) is 1. The number of para-hydroxylation sites is 1. The summed E-state index contributed by atoms with van der Waals surface area (Å²) in [5.41, 5.74) is 5.84. The number of fused-ring (bicyclic) bond motifs is 3. The molecule has 4 nitrogen and oxygen atoms in total. The molecule has 0 spiro atoms. The van der Waals surface area contributed by atoms with Gasteiger partial charge in [-0.25, -0.2) is 4.79 Å². The highest BCUT2D eigenvalue weighted by Gasteiger charge is 2.26. The van der Waals surface area contributed by atoms with E-state index < -0.39 is 0 Å². The van der Waals surface area contributed by atoms with E-state index in [4.69, 9.17) is 11.6 Å². The zero-order valence-corrected chi connectivity index (χ0v) is 17.3. The van der Waals surface area contributed by atoms with Crippen LogP contribution in [0.3, 0.4) is 0 Å². The van der Waals surface area contributed by atoms with Gasteiger partial charge in [-0.1, -0.05) is 60.1 Å². The third-order valence-corrected chi connectivity index (χ3v) is 5.98. The van der Waals surface area contributed by atoms with Gasteiger partial charge in [0.2, 0.25) is 0 Å². The van der Waals surface area contributed by atoms with Crippen LogP contribution in [0.1, 0.15) is 16.8 Å². The molecule has 1 aromatic heterocycles. The van der Waals surface area contributed by atoms with Crippen LogP contribution < -0.4 is 5.32 Å². The van der Waals surface area contributed by atoms with Gasteiger partial charge in [0.15, 0.2) is 0 Å². The maximum atomic E-state index is 12.9. The van der Waals surface area contributed by atoms with E-state index >= 15 is 0 Å². The topological polar surface area (TPSA) is 37.3 Å². The number of urea groups is 1. The van der Waals surface area contributed by atoms with Crippen LogP contribution in [0, 0.1) is 0 Å². The number of benzene rings is 3. The lowest BCUT2D eigenvalue weighted by Crippen LogP contribution is -2.39. The molecule has 2 amide bonds. The number of halogens is 1. The maximum Gasteiger partial charge on any atom is 0.322 e. The molecule has 0 saturated heterocycles. The van der Waals surface area contributed by atoms with Gasteiger partial charge in [0, 0.05) is 58.9 Å². The van der Waals surface area contributed by atoms with Gasteiger partial charge in [-0.05, 0) is 35.9 Å². The Hall–Kier alpha value is -3.24. The van der Waals surface area contributed by atoms with Gasteiger partial charge in [0.1, 0.15) is 0 Å². The first-order chi connectivity index (χ1) is 14.7. The molecule has 0 unspecified atom stereocenters. The van der Waals surface area contributed by atoms with Gasteiger partial charge >= 0.3 is 6.03 Å². The Morgan fingerprint density at radius 2 is 1.67 bits per heavy atom. The molecule has 0 aliphatic carbocycles. The number of aromatic nitrogens is 1. The largest absolute Gasteiger partial charge is 0.340 e. The van der Waals surface area contributed by atoms with E-state index in [1.54, 1.807) is 12.1 Å². The van der Waals surface area contributed by atoms with E-state index in [9.17, 15) is 4.79 Å². The molecule has 5 rings (SSSR count). The molecule has 150 valence electrons. The highest BCUT2D eigenvalue weighted by molar-refractivity contribution is 6.30. The highest BCUT2D eigenvalue weighted by atomic mass is 35.5. The molecule has 3 aromatic carbocycles. The van der Waals surface area contributed by atoms with Crippen molar-refractivity contribution in [2.75, 3.05) is 11.9 Å². The predicted molar refractivity (Wildman–Crippen MR) is 122 cm³/mol. The van der Waals surface area contributed by atoms with E-state index in [0.29, 0.717) is 18.1 Å². The summed E-state index contributed by atoms with van der Waals surface area (Å²) in [6.45, 7) is 2.14. The monoisotopic (exact) mass is 415 g/mol. The van der Waals surface area contributed by atoms with Crippen LogP contribution in [-0.2, 0) is 19.5 Å². The van der Waals surface area contributed by atoms with Crippen LogP contribution in [0.25, 0.3) is 10.9 Å². The summed E-state index contributed by atoms with van der Waals surface area (Å²) in [7, 11) is 0. The summed E-state index contributed by atoms with van der Waals surface area (Å²) in [6.07, 6.45) is 0.838. The van der Waals surface area contributed by atoms with Crippen molar-refractivity contribution in [3.8, 4) is 0 Å². The molecule has 2 heterocycles. The number of amides is 2. The van der Waals surface area contributed by atoms with Crippen LogP contribution in [0.2, 0.25) is 5.02 Å². The molecule has 5 heteroatoms. The first-order valence-electron chi connectivity index (χ1n) is 10.1. The fourth-order valence-electron chi connectivity index (χ4n) is 4.26. The summed E-state index contributed by atoms with van der Waals surface area (Å²) in [5, 5.41) is 4.87. The van der Waals surface area contributed by atoms with Crippen LogP contribution >= 0.6 is 11.6 Å². The van der Waals surface area contributed by atoms with E-state index in [0.717, 1.165) is 18.7 Å². The van der Waals surface area contributed by atoms with E-state index in [1.165, 1.54) is 27.7 Å². The van der Waals surface area contributed by atoms with Crippen molar-refractivity contribution in [2.24, 2.45) is 0 Å². The maximum absolute atomic E-state index is 12.9. The van der Waals surface area contributed by atoms with Crippen molar-refractivity contribution in [3.63, 3.8) is 0 Å². The molecule has 0 saturated carbocycles. The molecule has 1 aliphatic rings. The number of nitrogens with one attached hydrogen (secondary N) is 1. The minimum Gasteiger partial charge on any atom is -0.340 e. The Kier molecular flexibility index (Phi) is 4.93. The summed E-state index contributed by atoms with van der Waals surface area (Å²) in [5.74, 6) is 0. The van der Waals surface area contributed by atoms with Gasteiger partial charge in [-0.2, -0.15) is 0 Å². The summed E-state index contributed by atoms with van der Waals surface area (Å²) < 4.78 is 2.41. The standard InChI is InChI=1S/C25H22ClN3O/c26-19-10-12-20(13-11-19)27-25(30)28-15-14-24-22(17-28)21-8-4-5-9-23(21)29(24)16-18-6-2-1-3-7-18/h1-13H,14-17H2,(H,27,30). The molecule has 0 atom stereocenters. The fraction of sp³-hybridized carbons (Fsp3) is 0.160. The quantitative estimate of drug-likeness (QED) is 0.442. The zero-order valence-electron chi connectivity index (χ0n) is 16.5. The van der Waals surface area contributed by atoms with E-state index in [-0.39, 0.29) is 6.03 Å². The second-order valence-electron chi connectivity index (χ2n) is 7.62. The molecular weight excluding hydrogens is 394 g/mol. The number of anilines is 1. The molecule has 1 N–H and O–H groups in total. The zero-order chi connectivity index (χ0) is 20.5. The number of carbonyl (C=O) groups is 1. The van der Waals surface area contributed by atoms with Crippen LogP contribution in [0.15, 0.2) is 78.9 Å². The number of hydrogen-bond acceptors (Lipinski definition) is 1. The Balaban J connectivity index is 1.44. The Morgan fingerprint density at radius 1 is 0.933 bits per heavy atom. The molecule has 0 bridgehead atoms. The van der Waals surface area contributed by atoms with Gasteiger partial charge in [0.05, 0.1) is 0 Å². The summed E-state index contributed by atoms with van der Waals surface area (Å²) in [4.78, 5) is 14.8. The minimum atomic E-state index is -0.0807. The van der Waals surface area contributed by atoms with Crippen LogP contribution in [0.4, 0.5) is 10.5 Å². The normalized spacial score (nSPS) is 13.3. The molecule has 4 aromatic rings. The van der Waals surface area contributed by atoms with Crippen LogP contribution in [-0.4, -0.2) is 22.0 Å². The first-order valence-corrected chi connectivity index (χ1v) is 10.5. The second kappa shape index (κ2) is 7.88. The molecule has 0 radical (unpaired) electrons. The third kappa shape index (κ3) is 3.55. The number of carbonyl (C=O) groups excluding carboxylic acids is 1. The van der Waals surface area contributed by atoms with Crippen molar-refractivity contribution >= 4 is 34.2 Å². The van der Waals surface area contributed by atoms with E-state index in [1.807, 2.05) is 23.1 Å². The molecule has 1 aliphatic heterocycles. The smallest absolute Gasteiger partial charge is 0.322 e. The summed E-state index contributed by atoms with van der Waals surface area (Å²) in [6, 6.07) is 26.1. The average molecular weight is 416 g/mol. The molecule has 30 heavy (non-hydrogen) atoms. The molecular formula is C25H22ClN3O. The van der Waals surface area contributed by atoms with Gasteiger partial charge in [0.25, 0.3) is 0 Å². The Labute approximate surface area is 180 Å². The Bertz CT molecular complexity index is 1200. The number of nitrogens with zero attached hydrogens (tertiary/aromatic N) is 2. The fourth-order valence-corrected chi connectivity index (χ4v) is 4.38. The first kappa shape index (κ1) is 18.8. The highest BCUT2D eigenvalue weighted by Crippen LogP contribution is 2.32. The number of rotatable bonds is 3. The van der Waals surface area contributed by atoms with Crippen molar-refractivity contribution < 1.29 is 4.79 Å². The lowest BCUT2D eigenvalue weighted by molar-refractivity contribution is 0.206. The lowest BCUT2D eigenvalue weighted by atomic mass is 10.0. The van der Waals surface area contributed by atoms with Crippen LogP contribution in [0.5, 0.6) is 0 Å². The van der Waals surface area contributed by atoms with Gasteiger partial charge in [-0.3, -0.25) is 0 Å². The average Bonchev–Trinajstić information content (AvgIpc) is 3.09. The SMILES string of the molecule is O=C(Nc1ccc(Cl)cc1)N1CCc2c(c3ccccc3n2Cc2ccccc2)C1. The lowest BCUT2D eigenvalue weighted by Gasteiger charge is -2.28. The predicted octanol–water partition coefficient (Wildman–Crippen LogP) is 5.93. The van der Waals surface area contributed by atoms with Gasteiger partial charge < -0.3 is 14.8 Å². The van der Waals surface area contributed by atoms with Crippen molar-refractivity contribution in [2.45, 2.75) is 19.5 Å². The van der Waals surface area contributed by atoms with Gasteiger partial charge in [-0.15, -0.1) is 0 Å². The van der Waals surface area contributed by atoms with Crippen molar-refractivity contribution in [1.29, 1.82) is 0 Å². The Morgan fingerprint density at radius 3 is 2.47 bits per heavy atom. The van der Waals surface area contributed by atoms with E-state index in [2.05, 4.69) is 58.4 Å².